The molecule has 2 N–H and O–H groups in total. The molecule has 3 heterocycles. The van der Waals surface area contributed by atoms with E-state index < -0.39 is 0 Å². The van der Waals surface area contributed by atoms with Crippen molar-refractivity contribution in [3.8, 4) is 0 Å². The van der Waals surface area contributed by atoms with Crippen LogP contribution in [0.2, 0.25) is 0 Å². The summed E-state index contributed by atoms with van der Waals surface area (Å²) in [6.45, 7) is 0.584. The molecule has 6 heteroatoms. The number of nitrogens with zero attached hydrogens (tertiary/aromatic N) is 1. The number of nitrogens with one attached hydrogen (secondary N) is 2. The van der Waals surface area contributed by atoms with Crippen LogP contribution in [0.3, 0.4) is 0 Å². The van der Waals surface area contributed by atoms with E-state index >= 15 is 0 Å². The van der Waals surface area contributed by atoms with Crippen molar-refractivity contribution in [2.45, 2.75) is 6.54 Å². The SMILES string of the molecule is O=c1[nH]c(CNc2nccc3sccc23)cs1. The van der Waals surface area contributed by atoms with Gasteiger partial charge in [0.1, 0.15) is 5.82 Å². The monoisotopic (exact) mass is 263 g/mol. The summed E-state index contributed by atoms with van der Waals surface area (Å²) < 4.78 is 1.21. The minimum atomic E-state index is -0.0245. The lowest BCUT2D eigenvalue weighted by molar-refractivity contribution is 1.05. The number of anilines is 1. The highest BCUT2D eigenvalue weighted by Gasteiger charge is 2.03. The van der Waals surface area contributed by atoms with Crippen LogP contribution < -0.4 is 10.2 Å². The lowest BCUT2D eigenvalue weighted by Gasteiger charge is -2.04. The topological polar surface area (TPSA) is 57.8 Å². The number of hydrogen-bond donors (Lipinski definition) is 2. The number of aromatic amines is 1. The van der Waals surface area contributed by atoms with Crippen LogP contribution in [0.4, 0.5) is 5.82 Å². The van der Waals surface area contributed by atoms with E-state index in [1.54, 1.807) is 17.5 Å². The summed E-state index contributed by atoms with van der Waals surface area (Å²) >= 11 is 2.87. The first-order chi connectivity index (χ1) is 8.33. The van der Waals surface area contributed by atoms with Crippen molar-refractivity contribution in [3.63, 3.8) is 0 Å². The predicted octanol–water partition coefficient (Wildman–Crippen LogP) is 2.66. The van der Waals surface area contributed by atoms with Gasteiger partial charge in [0.25, 0.3) is 0 Å². The van der Waals surface area contributed by atoms with Gasteiger partial charge in [0.05, 0.1) is 6.54 Å². The number of aromatic nitrogens is 2. The Morgan fingerprint density at radius 1 is 1.35 bits per heavy atom. The standard InChI is InChI=1S/C11H9N3OS2/c15-11-14-7(6-17-11)5-13-10-8-2-4-16-9(8)1-3-12-10/h1-4,6H,5H2,(H,12,13)(H,14,15). The number of fused-ring (bicyclic) bond motifs is 1. The van der Waals surface area contributed by atoms with Gasteiger partial charge in [-0.3, -0.25) is 4.79 Å². The van der Waals surface area contributed by atoms with E-state index in [1.807, 2.05) is 22.9 Å². The van der Waals surface area contributed by atoms with Crippen LogP contribution in [0, 0.1) is 0 Å². The van der Waals surface area contributed by atoms with Gasteiger partial charge in [-0.25, -0.2) is 4.98 Å². The molecule has 0 radical (unpaired) electrons. The largest absolute Gasteiger partial charge is 0.364 e. The van der Waals surface area contributed by atoms with Gasteiger partial charge in [-0.15, -0.1) is 11.3 Å². The van der Waals surface area contributed by atoms with Crippen molar-refractivity contribution < 1.29 is 0 Å². The van der Waals surface area contributed by atoms with Crippen molar-refractivity contribution in [3.05, 3.63) is 44.5 Å². The van der Waals surface area contributed by atoms with Crippen LogP contribution in [0.15, 0.2) is 33.9 Å². The van der Waals surface area contributed by atoms with E-state index in [9.17, 15) is 4.79 Å². The first-order valence-electron chi connectivity index (χ1n) is 5.06. The summed E-state index contributed by atoms with van der Waals surface area (Å²) in [5.41, 5.74) is 0.883. The van der Waals surface area contributed by atoms with Crippen molar-refractivity contribution >= 4 is 38.6 Å². The first-order valence-corrected chi connectivity index (χ1v) is 6.81. The van der Waals surface area contributed by atoms with Gasteiger partial charge in [-0.1, -0.05) is 11.3 Å². The second-order valence-electron chi connectivity index (χ2n) is 3.52. The summed E-state index contributed by atoms with van der Waals surface area (Å²) in [6.07, 6.45) is 1.79. The van der Waals surface area contributed by atoms with E-state index in [2.05, 4.69) is 15.3 Å². The molecule has 3 aromatic heterocycles. The zero-order valence-electron chi connectivity index (χ0n) is 8.77. The first kappa shape index (κ1) is 10.5. The average molecular weight is 263 g/mol. The third-order valence-corrected chi connectivity index (χ3v) is 4.00. The molecule has 17 heavy (non-hydrogen) atoms. The summed E-state index contributed by atoms with van der Waals surface area (Å²) in [7, 11) is 0. The van der Waals surface area contributed by atoms with Crippen LogP contribution in [0.25, 0.3) is 10.1 Å². The molecule has 3 rings (SSSR count). The maximum atomic E-state index is 11.0. The van der Waals surface area contributed by atoms with E-state index in [-0.39, 0.29) is 4.87 Å². The fraction of sp³-hybridized carbons (Fsp3) is 0.0909. The van der Waals surface area contributed by atoms with Crippen LogP contribution in [0.1, 0.15) is 5.69 Å². The summed E-state index contributed by atoms with van der Waals surface area (Å²) in [6, 6.07) is 4.04. The number of thiophene rings is 1. The molecule has 0 saturated carbocycles. The van der Waals surface area contributed by atoms with E-state index in [0.717, 1.165) is 16.9 Å². The molecule has 0 spiro atoms. The Labute approximate surface area is 105 Å². The molecule has 3 aromatic rings. The molecule has 0 atom stereocenters. The highest BCUT2D eigenvalue weighted by atomic mass is 32.1. The van der Waals surface area contributed by atoms with Crippen LogP contribution in [0.5, 0.6) is 0 Å². The Morgan fingerprint density at radius 3 is 3.12 bits per heavy atom. The molecule has 0 saturated heterocycles. The minimum Gasteiger partial charge on any atom is -0.364 e. The fourth-order valence-electron chi connectivity index (χ4n) is 1.62. The molecule has 0 unspecified atom stereocenters. The average Bonchev–Trinajstić information content (AvgIpc) is 2.94. The Bertz CT molecular complexity index is 698. The van der Waals surface area contributed by atoms with Crippen LogP contribution >= 0.6 is 22.7 Å². The van der Waals surface area contributed by atoms with Gasteiger partial charge in [-0.2, -0.15) is 0 Å². The molecule has 0 aliphatic rings. The van der Waals surface area contributed by atoms with Crippen LogP contribution in [-0.2, 0) is 6.54 Å². The van der Waals surface area contributed by atoms with Crippen molar-refractivity contribution in [1.29, 1.82) is 0 Å². The van der Waals surface area contributed by atoms with Gasteiger partial charge in [-0.05, 0) is 17.5 Å². The molecule has 0 fully saturated rings. The van der Waals surface area contributed by atoms with E-state index in [0.29, 0.717) is 6.54 Å². The van der Waals surface area contributed by atoms with Gasteiger partial charge < -0.3 is 10.3 Å². The third-order valence-electron chi connectivity index (χ3n) is 2.40. The zero-order valence-corrected chi connectivity index (χ0v) is 10.4. The Balaban J connectivity index is 1.85. The number of pyridine rings is 1. The van der Waals surface area contributed by atoms with E-state index in [1.165, 1.54) is 16.0 Å². The lowest BCUT2D eigenvalue weighted by atomic mass is 10.3. The molecular formula is C11H9N3OS2. The molecule has 86 valence electrons. The number of H-pyrrole nitrogens is 1. The molecule has 0 bridgehead atoms. The third kappa shape index (κ3) is 2.09. The number of thiazole rings is 1. The summed E-state index contributed by atoms with van der Waals surface area (Å²) in [5.74, 6) is 0.857. The maximum Gasteiger partial charge on any atom is 0.304 e. The summed E-state index contributed by atoms with van der Waals surface area (Å²) in [5, 5.41) is 8.22. The van der Waals surface area contributed by atoms with Gasteiger partial charge in [0.15, 0.2) is 0 Å². The van der Waals surface area contributed by atoms with Crippen molar-refractivity contribution in [2.24, 2.45) is 0 Å². The Kier molecular flexibility index (Phi) is 2.66. The molecular weight excluding hydrogens is 254 g/mol. The Morgan fingerprint density at radius 2 is 2.29 bits per heavy atom. The number of rotatable bonds is 3. The second kappa shape index (κ2) is 4.31. The van der Waals surface area contributed by atoms with Crippen molar-refractivity contribution in [2.75, 3.05) is 5.32 Å². The maximum absolute atomic E-state index is 11.0. The predicted molar refractivity (Wildman–Crippen MR) is 71.9 cm³/mol. The zero-order chi connectivity index (χ0) is 11.7. The van der Waals surface area contributed by atoms with Gasteiger partial charge in [0.2, 0.25) is 0 Å². The minimum absolute atomic E-state index is 0.0245. The number of hydrogen-bond acceptors (Lipinski definition) is 5. The molecule has 0 aliphatic heterocycles. The fourth-order valence-corrected chi connectivity index (χ4v) is 2.98. The van der Waals surface area contributed by atoms with Crippen LogP contribution in [-0.4, -0.2) is 9.97 Å². The molecule has 4 nitrogen and oxygen atoms in total. The smallest absolute Gasteiger partial charge is 0.304 e. The quantitative estimate of drug-likeness (QED) is 0.763. The molecule has 0 aromatic carbocycles. The summed E-state index contributed by atoms with van der Waals surface area (Å²) in [4.78, 5) is 18.0. The normalized spacial score (nSPS) is 10.8. The van der Waals surface area contributed by atoms with Crippen molar-refractivity contribution in [1.82, 2.24) is 9.97 Å². The molecule has 0 aliphatic carbocycles. The highest BCUT2D eigenvalue weighted by Crippen LogP contribution is 2.25. The second-order valence-corrected chi connectivity index (χ2v) is 5.31. The van der Waals surface area contributed by atoms with Gasteiger partial charge in [0, 0.05) is 27.4 Å². The lowest BCUT2D eigenvalue weighted by Crippen LogP contribution is -2.04. The Hall–Kier alpha value is -1.66. The molecule has 0 amide bonds. The highest BCUT2D eigenvalue weighted by molar-refractivity contribution is 7.17. The van der Waals surface area contributed by atoms with Gasteiger partial charge >= 0.3 is 4.87 Å². The van der Waals surface area contributed by atoms with E-state index in [4.69, 9.17) is 0 Å².